The van der Waals surface area contributed by atoms with E-state index in [9.17, 15) is 4.79 Å². The molecule has 0 spiro atoms. The topological polar surface area (TPSA) is 52.3 Å². The van der Waals surface area contributed by atoms with E-state index >= 15 is 0 Å². The van der Waals surface area contributed by atoms with Crippen molar-refractivity contribution in [2.45, 2.75) is 26.7 Å². The Morgan fingerprint density at radius 1 is 1.29 bits per heavy atom. The van der Waals surface area contributed by atoms with Crippen molar-refractivity contribution in [1.29, 1.82) is 0 Å². The first-order valence-corrected chi connectivity index (χ1v) is 6.97. The molecule has 0 amide bonds. The molecule has 0 unspecified atom stereocenters. The lowest BCUT2D eigenvalue weighted by Crippen LogP contribution is -2.04. The van der Waals surface area contributed by atoms with Crippen molar-refractivity contribution >= 4 is 12.0 Å². The van der Waals surface area contributed by atoms with Crippen LogP contribution < -0.4 is 0 Å². The van der Waals surface area contributed by atoms with Crippen LogP contribution in [-0.2, 0) is 16.0 Å². The molecule has 0 atom stereocenters. The summed E-state index contributed by atoms with van der Waals surface area (Å²) in [5, 5.41) is 0. The first kappa shape index (κ1) is 15.0. The number of ether oxygens (including phenoxy) is 1. The zero-order valence-electron chi connectivity index (χ0n) is 12.3. The summed E-state index contributed by atoms with van der Waals surface area (Å²) in [7, 11) is 0. The number of furan rings is 1. The van der Waals surface area contributed by atoms with Crippen molar-refractivity contribution in [3.05, 3.63) is 59.3 Å². The number of aromatic nitrogens is 1. The first-order valence-electron chi connectivity index (χ1n) is 6.97. The third-order valence-corrected chi connectivity index (χ3v) is 2.91. The molecule has 4 nitrogen and oxygen atoms in total. The van der Waals surface area contributed by atoms with Crippen LogP contribution >= 0.6 is 0 Å². The maximum atomic E-state index is 11.5. The summed E-state index contributed by atoms with van der Waals surface area (Å²) in [6, 6.07) is 9.58. The number of pyridine rings is 1. The number of carbonyl (C=O) groups is 1. The van der Waals surface area contributed by atoms with Crippen molar-refractivity contribution in [3.63, 3.8) is 0 Å². The Hall–Kier alpha value is -2.36. The van der Waals surface area contributed by atoms with Gasteiger partial charge < -0.3 is 9.15 Å². The highest BCUT2D eigenvalue weighted by molar-refractivity contribution is 5.86. The Bertz CT molecular complexity index is 628. The van der Waals surface area contributed by atoms with Gasteiger partial charge in [0.15, 0.2) is 0 Å². The molecule has 0 saturated carbocycles. The second-order valence-corrected chi connectivity index (χ2v) is 4.82. The van der Waals surface area contributed by atoms with Crippen LogP contribution in [0.3, 0.4) is 0 Å². The van der Waals surface area contributed by atoms with Gasteiger partial charge in [0.05, 0.1) is 6.61 Å². The number of rotatable bonds is 6. The molecule has 0 N–H and O–H groups in total. The Morgan fingerprint density at radius 2 is 2.14 bits per heavy atom. The molecule has 2 rings (SSSR count). The molecule has 2 aromatic rings. The van der Waals surface area contributed by atoms with Gasteiger partial charge in [-0.2, -0.15) is 0 Å². The molecule has 0 bridgehead atoms. The van der Waals surface area contributed by atoms with Gasteiger partial charge in [0.1, 0.15) is 11.5 Å². The van der Waals surface area contributed by atoms with Crippen molar-refractivity contribution in [3.8, 4) is 0 Å². The zero-order chi connectivity index (χ0) is 15.1. The largest absolute Gasteiger partial charge is 0.463 e. The molecular weight excluding hydrogens is 266 g/mol. The monoisotopic (exact) mass is 285 g/mol. The smallest absolute Gasteiger partial charge is 0.330 e. The van der Waals surface area contributed by atoms with E-state index in [2.05, 4.69) is 4.98 Å². The molecule has 0 aromatic carbocycles. The van der Waals surface area contributed by atoms with Gasteiger partial charge in [-0.3, -0.25) is 4.98 Å². The maximum Gasteiger partial charge on any atom is 0.330 e. The minimum absolute atomic E-state index is 0.360. The molecule has 4 heteroatoms. The third kappa shape index (κ3) is 5.26. The molecule has 0 aliphatic rings. The van der Waals surface area contributed by atoms with E-state index < -0.39 is 0 Å². The molecule has 0 aliphatic heterocycles. The summed E-state index contributed by atoms with van der Waals surface area (Å²) in [6.45, 7) is 4.20. The van der Waals surface area contributed by atoms with Crippen LogP contribution in [0.4, 0.5) is 0 Å². The fourth-order valence-electron chi connectivity index (χ4n) is 1.91. The van der Waals surface area contributed by atoms with Gasteiger partial charge >= 0.3 is 5.97 Å². The van der Waals surface area contributed by atoms with E-state index in [-0.39, 0.29) is 5.97 Å². The third-order valence-electron chi connectivity index (χ3n) is 2.91. The lowest BCUT2D eigenvalue weighted by molar-refractivity contribution is -0.137. The molecule has 0 saturated heterocycles. The summed E-state index contributed by atoms with van der Waals surface area (Å²) in [4.78, 5) is 15.9. The highest BCUT2D eigenvalue weighted by Crippen LogP contribution is 2.08. The number of carbonyl (C=O) groups excluding carboxylic acids is 1. The normalized spacial score (nSPS) is 11.0. The predicted molar refractivity (Wildman–Crippen MR) is 80.7 cm³/mol. The van der Waals surface area contributed by atoms with Crippen LogP contribution in [0.25, 0.3) is 6.08 Å². The van der Waals surface area contributed by atoms with Gasteiger partial charge in [-0.15, -0.1) is 0 Å². The molecule has 0 fully saturated rings. The second-order valence-electron chi connectivity index (χ2n) is 4.82. The van der Waals surface area contributed by atoms with E-state index in [1.807, 2.05) is 44.2 Å². The van der Waals surface area contributed by atoms with Crippen molar-refractivity contribution in [2.24, 2.45) is 0 Å². The van der Waals surface area contributed by atoms with E-state index in [0.717, 1.165) is 30.0 Å². The standard InChI is InChI=1S/C17H19NO3/c1-13-5-3-6-15(18-13)7-4-12-20-17(19)11-10-16-9-8-14(2)21-16/h3,5-6,8-11H,4,7,12H2,1-2H3/b11-10+. The van der Waals surface area contributed by atoms with Crippen molar-refractivity contribution in [1.82, 2.24) is 4.98 Å². The van der Waals surface area contributed by atoms with Crippen LogP contribution in [0, 0.1) is 13.8 Å². The van der Waals surface area contributed by atoms with Crippen LogP contribution in [0.1, 0.15) is 29.3 Å². The SMILES string of the molecule is Cc1cccc(CCCOC(=O)/C=C/c2ccc(C)o2)n1. The molecule has 110 valence electrons. The van der Waals surface area contributed by atoms with E-state index in [1.54, 1.807) is 6.08 Å². The van der Waals surface area contributed by atoms with Gasteiger partial charge in [0.25, 0.3) is 0 Å². The maximum absolute atomic E-state index is 11.5. The van der Waals surface area contributed by atoms with Crippen LogP contribution in [0.5, 0.6) is 0 Å². The van der Waals surface area contributed by atoms with E-state index in [1.165, 1.54) is 6.08 Å². The lowest BCUT2D eigenvalue weighted by Gasteiger charge is -2.02. The van der Waals surface area contributed by atoms with Gasteiger partial charge in [0, 0.05) is 17.5 Å². The summed E-state index contributed by atoms with van der Waals surface area (Å²) in [5.74, 6) is 1.10. The Morgan fingerprint density at radius 3 is 2.86 bits per heavy atom. The van der Waals surface area contributed by atoms with Crippen LogP contribution in [0.15, 0.2) is 40.8 Å². The molecule has 0 radical (unpaired) electrons. The van der Waals surface area contributed by atoms with E-state index in [0.29, 0.717) is 12.4 Å². The molecular formula is C17H19NO3. The molecule has 21 heavy (non-hydrogen) atoms. The average Bonchev–Trinajstić information content (AvgIpc) is 2.87. The quantitative estimate of drug-likeness (QED) is 0.463. The summed E-state index contributed by atoms with van der Waals surface area (Å²) in [5.41, 5.74) is 2.02. The average molecular weight is 285 g/mol. The Balaban J connectivity index is 1.68. The summed E-state index contributed by atoms with van der Waals surface area (Å²) in [6.07, 6.45) is 4.55. The number of hydrogen-bond acceptors (Lipinski definition) is 4. The Kier molecular flexibility index (Phi) is 5.32. The van der Waals surface area contributed by atoms with Gasteiger partial charge in [-0.05, 0) is 57.0 Å². The van der Waals surface area contributed by atoms with Crippen LogP contribution in [0.2, 0.25) is 0 Å². The Labute approximate surface area is 124 Å². The van der Waals surface area contributed by atoms with Crippen LogP contribution in [-0.4, -0.2) is 17.6 Å². The number of hydrogen-bond donors (Lipinski definition) is 0. The molecule has 0 aliphatic carbocycles. The molecule has 2 heterocycles. The van der Waals surface area contributed by atoms with Gasteiger partial charge in [0.2, 0.25) is 0 Å². The highest BCUT2D eigenvalue weighted by Gasteiger charge is 2.00. The van der Waals surface area contributed by atoms with Gasteiger partial charge in [-0.1, -0.05) is 6.07 Å². The fourth-order valence-corrected chi connectivity index (χ4v) is 1.91. The highest BCUT2D eigenvalue weighted by atomic mass is 16.5. The summed E-state index contributed by atoms with van der Waals surface area (Å²) >= 11 is 0. The predicted octanol–water partition coefficient (Wildman–Crippen LogP) is 3.48. The second kappa shape index (κ2) is 7.43. The van der Waals surface area contributed by atoms with Gasteiger partial charge in [-0.25, -0.2) is 4.79 Å². The van der Waals surface area contributed by atoms with Crippen molar-refractivity contribution < 1.29 is 13.9 Å². The minimum Gasteiger partial charge on any atom is -0.463 e. The number of nitrogens with zero attached hydrogens (tertiary/aromatic N) is 1. The minimum atomic E-state index is -0.360. The molecule has 2 aromatic heterocycles. The summed E-state index contributed by atoms with van der Waals surface area (Å²) < 4.78 is 10.5. The number of esters is 1. The fraction of sp³-hybridized carbons (Fsp3) is 0.294. The first-order chi connectivity index (χ1) is 10.1. The number of aryl methyl sites for hydroxylation is 3. The zero-order valence-corrected chi connectivity index (χ0v) is 12.3. The lowest BCUT2D eigenvalue weighted by atomic mass is 10.2. The van der Waals surface area contributed by atoms with E-state index in [4.69, 9.17) is 9.15 Å². The van der Waals surface area contributed by atoms with Crippen molar-refractivity contribution in [2.75, 3.05) is 6.61 Å².